The Labute approximate surface area is 239 Å². The zero-order valence-electron chi connectivity index (χ0n) is 22.7. The van der Waals surface area contributed by atoms with Crippen LogP contribution in [-0.4, -0.2) is 22.9 Å². The fourth-order valence-corrected chi connectivity index (χ4v) is 5.36. The van der Waals surface area contributed by atoms with Gasteiger partial charge in [-0.05, 0) is 97.1 Å². The maximum Gasteiger partial charge on any atom is 0.119 e. The molecule has 0 atom stereocenters. The van der Waals surface area contributed by atoms with Gasteiger partial charge >= 0.3 is 0 Å². The third-order valence-corrected chi connectivity index (χ3v) is 7.66. The first-order valence-electron chi connectivity index (χ1n) is 13.6. The van der Waals surface area contributed by atoms with Crippen molar-refractivity contribution in [1.29, 1.82) is 0 Å². The van der Waals surface area contributed by atoms with Crippen LogP contribution in [0.2, 0.25) is 5.02 Å². The van der Waals surface area contributed by atoms with Crippen LogP contribution in [0.3, 0.4) is 0 Å². The third kappa shape index (κ3) is 6.40. The second-order valence-corrected chi connectivity index (χ2v) is 10.6. The van der Waals surface area contributed by atoms with Crippen molar-refractivity contribution in [2.24, 2.45) is 0 Å². The normalized spacial score (nSPS) is 14.2. The Kier molecular flexibility index (Phi) is 8.56. The lowest BCUT2D eigenvalue weighted by Crippen LogP contribution is -2.22. The minimum atomic E-state index is -1.19. The molecule has 0 unspecified atom stereocenters. The van der Waals surface area contributed by atoms with E-state index in [2.05, 4.69) is 0 Å². The average molecular weight is 556 g/mol. The monoisotopic (exact) mass is 555 g/mol. The van der Waals surface area contributed by atoms with E-state index >= 15 is 0 Å². The molecule has 0 bridgehead atoms. The van der Waals surface area contributed by atoms with Gasteiger partial charge in [-0.1, -0.05) is 49.1 Å². The number of carbonyl (C=O) groups excluding carboxylic acids is 1. The maximum atomic E-state index is 11.3. The highest BCUT2D eigenvalue weighted by Crippen LogP contribution is 2.35. The quantitative estimate of drug-likeness (QED) is 0.208. The van der Waals surface area contributed by atoms with Crippen LogP contribution < -0.4 is 14.6 Å². The van der Waals surface area contributed by atoms with Crippen molar-refractivity contribution in [2.45, 2.75) is 51.6 Å². The average Bonchev–Trinajstić information content (AvgIpc) is 3.40. The van der Waals surface area contributed by atoms with Gasteiger partial charge < -0.3 is 19.4 Å². The summed E-state index contributed by atoms with van der Waals surface area (Å²) in [6.45, 7) is 1.89. The number of hydrogen-bond acceptors (Lipinski definition) is 5. The lowest BCUT2D eigenvalue weighted by molar-refractivity contribution is -0.299. The SMILES string of the molecule is COc1ccc(-c2ccc(Cl)cc2)c(COc2ccc(-n3nc(/C=C(\C)C(=O)[O-])cc3C3CCCCC3)cc2)c1. The molecule has 5 rings (SSSR count). The van der Waals surface area contributed by atoms with E-state index in [1.807, 2.05) is 77.5 Å². The zero-order chi connectivity index (χ0) is 28.1. The fraction of sp³-hybridized carbons (Fsp3) is 0.273. The van der Waals surface area contributed by atoms with E-state index < -0.39 is 5.97 Å². The van der Waals surface area contributed by atoms with Crippen LogP contribution in [0.15, 0.2) is 78.4 Å². The van der Waals surface area contributed by atoms with Gasteiger partial charge in [0.25, 0.3) is 0 Å². The number of carbonyl (C=O) groups is 1. The summed E-state index contributed by atoms with van der Waals surface area (Å²) < 4.78 is 13.6. The smallest absolute Gasteiger partial charge is 0.119 e. The number of nitrogens with zero attached hydrogens (tertiary/aromatic N) is 2. The topological polar surface area (TPSA) is 76.4 Å². The van der Waals surface area contributed by atoms with Gasteiger partial charge in [0.05, 0.1) is 24.5 Å². The standard InChI is InChI=1S/C33H33ClN2O4/c1-22(33(37)38)18-27-20-32(24-6-4-3-5-7-24)36(35-27)28-12-14-29(15-13-28)40-21-25-19-30(39-2)16-17-31(25)23-8-10-26(34)11-9-23/h8-20,24H,3-7,21H2,1-2H3,(H,37,38)/p-1/b22-18+. The highest BCUT2D eigenvalue weighted by atomic mass is 35.5. The van der Waals surface area contributed by atoms with E-state index in [1.165, 1.54) is 26.2 Å². The summed E-state index contributed by atoms with van der Waals surface area (Å²) in [6, 6.07) is 23.6. The zero-order valence-corrected chi connectivity index (χ0v) is 23.5. The molecule has 1 aromatic heterocycles. The highest BCUT2D eigenvalue weighted by molar-refractivity contribution is 6.30. The molecule has 4 aromatic rings. The molecule has 1 heterocycles. The summed E-state index contributed by atoms with van der Waals surface area (Å²) in [4.78, 5) is 11.3. The second-order valence-electron chi connectivity index (χ2n) is 10.2. The Morgan fingerprint density at radius 1 is 1.00 bits per heavy atom. The molecule has 1 fully saturated rings. The number of aromatic nitrogens is 2. The van der Waals surface area contributed by atoms with E-state index in [9.17, 15) is 9.90 Å². The molecular formula is C33H32ClN2O4-. The molecule has 40 heavy (non-hydrogen) atoms. The fourth-order valence-electron chi connectivity index (χ4n) is 5.23. The summed E-state index contributed by atoms with van der Waals surface area (Å²) in [5.74, 6) is 0.694. The summed E-state index contributed by atoms with van der Waals surface area (Å²) in [7, 11) is 1.65. The lowest BCUT2D eigenvalue weighted by Gasteiger charge is -2.22. The molecule has 6 nitrogen and oxygen atoms in total. The van der Waals surface area contributed by atoms with E-state index in [4.69, 9.17) is 26.2 Å². The molecular weight excluding hydrogens is 524 g/mol. The van der Waals surface area contributed by atoms with Gasteiger partial charge in [-0.3, -0.25) is 0 Å². The molecule has 0 aliphatic heterocycles. The molecule has 3 aromatic carbocycles. The van der Waals surface area contributed by atoms with Crippen molar-refractivity contribution in [3.05, 3.63) is 100 Å². The maximum absolute atomic E-state index is 11.3. The van der Waals surface area contributed by atoms with Crippen LogP contribution in [0.5, 0.6) is 11.5 Å². The summed E-state index contributed by atoms with van der Waals surface area (Å²) in [5, 5.41) is 16.7. The summed E-state index contributed by atoms with van der Waals surface area (Å²) >= 11 is 6.09. The van der Waals surface area contributed by atoms with Crippen LogP contribution >= 0.6 is 11.6 Å². The number of carboxylic acids is 1. The van der Waals surface area contributed by atoms with Gasteiger partial charge in [-0.25, -0.2) is 4.68 Å². The third-order valence-electron chi connectivity index (χ3n) is 7.41. The highest BCUT2D eigenvalue weighted by Gasteiger charge is 2.21. The minimum absolute atomic E-state index is 0.152. The summed E-state index contributed by atoms with van der Waals surface area (Å²) in [6.07, 6.45) is 7.41. The van der Waals surface area contributed by atoms with Crippen molar-refractivity contribution in [3.8, 4) is 28.3 Å². The Morgan fingerprint density at radius 3 is 2.38 bits per heavy atom. The van der Waals surface area contributed by atoms with Crippen molar-refractivity contribution >= 4 is 23.6 Å². The molecule has 0 N–H and O–H groups in total. The molecule has 0 saturated heterocycles. The number of hydrogen-bond donors (Lipinski definition) is 0. The Bertz CT molecular complexity index is 1500. The van der Waals surface area contributed by atoms with Gasteiger partial charge in [0.15, 0.2) is 0 Å². The van der Waals surface area contributed by atoms with Crippen LogP contribution in [-0.2, 0) is 11.4 Å². The van der Waals surface area contributed by atoms with Crippen molar-refractivity contribution in [2.75, 3.05) is 7.11 Å². The predicted molar refractivity (Wildman–Crippen MR) is 156 cm³/mol. The molecule has 7 heteroatoms. The number of aliphatic carboxylic acids is 1. The minimum Gasteiger partial charge on any atom is -0.545 e. The lowest BCUT2D eigenvalue weighted by atomic mass is 9.86. The van der Waals surface area contributed by atoms with E-state index in [0.29, 0.717) is 23.2 Å². The van der Waals surface area contributed by atoms with Crippen LogP contribution in [0.1, 0.15) is 61.9 Å². The first-order valence-corrected chi connectivity index (χ1v) is 13.9. The number of ether oxygens (including phenoxy) is 2. The number of halogens is 1. The molecule has 0 radical (unpaired) electrons. The molecule has 1 saturated carbocycles. The van der Waals surface area contributed by atoms with Crippen molar-refractivity contribution in [3.63, 3.8) is 0 Å². The van der Waals surface area contributed by atoms with E-state index in [1.54, 1.807) is 13.2 Å². The van der Waals surface area contributed by atoms with Gasteiger partial charge in [-0.2, -0.15) is 5.10 Å². The number of benzene rings is 3. The molecule has 1 aliphatic rings. The number of methoxy groups -OCH3 is 1. The van der Waals surface area contributed by atoms with Gasteiger partial charge in [-0.15, -0.1) is 0 Å². The second kappa shape index (κ2) is 12.4. The van der Waals surface area contributed by atoms with Crippen LogP contribution in [0.4, 0.5) is 0 Å². The molecule has 206 valence electrons. The Hall–Kier alpha value is -4.03. The number of rotatable bonds is 9. The Morgan fingerprint density at radius 2 is 1.70 bits per heavy atom. The van der Waals surface area contributed by atoms with Gasteiger partial charge in [0.1, 0.15) is 18.1 Å². The van der Waals surface area contributed by atoms with Crippen molar-refractivity contribution in [1.82, 2.24) is 9.78 Å². The van der Waals surface area contributed by atoms with Gasteiger partial charge in [0.2, 0.25) is 0 Å². The van der Waals surface area contributed by atoms with Crippen LogP contribution in [0.25, 0.3) is 22.9 Å². The van der Waals surface area contributed by atoms with E-state index in [-0.39, 0.29) is 5.57 Å². The first kappa shape index (κ1) is 27.5. The van der Waals surface area contributed by atoms with E-state index in [0.717, 1.165) is 52.4 Å². The van der Waals surface area contributed by atoms with Crippen molar-refractivity contribution < 1.29 is 19.4 Å². The predicted octanol–water partition coefficient (Wildman–Crippen LogP) is 6.98. The molecule has 0 spiro atoms. The summed E-state index contributed by atoms with van der Waals surface area (Å²) in [5.41, 5.74) is 5.88. The Balaban J connectivity index is 1.39. The van der Waals surface area contributed by atoms with Crippen LogP contribution in [0, 0.1) is 0 Å². The first-order chi connectivity index (χ1) is 19.4. The molecule has 0 amide bonds. The number of carboxylic acid groups (broad SMARTS) is 1. The molecule has 1 aliphatic carbocycles. The largest absolute Gasteiger partial charge is 0.545 e. The van der Waals surface area contributed by atoms with Gasteiger partial charge in [0, 0.05) is 22.2 Å².